The van der Waals surface area contributed by atoms with E-state index in [1.807, 2.05) is 44.2 Å². The van der Waals surface area contributed by atoms with E-state index in [4.69, 9.17) is 14.2 Å². The van der Waals surface area contributed by atoms with Crippen LogP contribution in [0.1, 0.15) is 51.8 Å². The average Bonchev–Trinajstić information content (AvgIpc) is 3.12. The Kier molecular flexibility index (Phi) is 7.73. The first kappa shape index (κ1) is 26.1. The van der Waals surface area contributed by atoms with Crippen molar-refractivity contribution >= 4 is 29.4 Å². The molecule has 0 saturated heterocycles. The molecule has 3 aromatic rings. The van der Waals surface area contributed by atoms with E-state index in [9.17, 15) is 14.4 Å². The van der Waals surface area contributed by atoms with Gasteiger partial charge in [0, 0.05) is 12.5 Å². The summed E-state index contributed by atoms with van der Waals surface area (Å²) in [7, 11) is 0. The maximum atomic E-state index is 13.8. The molecule has 2 aromatic carbocycles. The number of fused-ring (bicyclic) bond motifs is 1. The molecular weight excluding hydrogens is 492 g/mol. The highest BCUT2D eigenvalue weighted by Crippen LogP contribution is 2.36. The number of hydrogen-bond donors (Lipinski definition) is 0. The number of rotatable bonds is 7. The second-order valence-corrected chi connectivity index (χ2v) is 9.68. The van der Waals surface area contributed by atoms with E-state index in [1.165, 1.54) is 22.8 Å². The lowest BCUT2D eigenvalue weighted by Gasteiger charge is -2.26. The molecule has 9 heteroatoms. The topological polar surface area (TPSA) is 96.2 Å². The average molecular weight is 521 g/mol. The van der Waals surface area contributed by atoms with Crippen molar-refractivity contribution in [2.75, 3.05) is 6.61 Å². The standard InChI is InChI=1S/C28H28N2O6S/c1-6-34-27(33)24-17(4)29-28-30(25(24)21-12-7-8-13-22(21)35-16(2)3)26(32)23(37-28)15-19-10-9-11-20(14-19)36-18(5)31/h7-16,25H,6H2,1-5H3/b23-15-/t25-/m1/s1. The summed E-state index contributed by atoms with van der Waals surface area (Å²) < 4.78 is 18.5. The van der Waals surface area contributed by atoms with Gasteiger partial charge in [-0.15, -0.1) is 0 Å². The summed E-state index contributed by atoms with van der Waals surface area (Å²) in [6, 6.07) is 13.5. The summed E-state index contributed by atoms with van der Waals surface area (Å²) in [5.41, 5.74) is 1.81. The zero-order valence-corrected chi connectivity index (χ0v) is 22.1. The van der Waals surface area contributed by atoms with Crippen LogP contribution in [0.2, 0.25) is 0 Å². The van der Waals surface area contributed by atoms with Crippen LogP contribution < -0.4 is 24.4 Å². The molecule has 0 N–H and O–H groups in total. The summed E-state index contributed by atoms with van der Waals surface area (Å²) in [4.78, 5) is 43.4. The molecule has 0 aliphatic carbocycles. The summed E-state index contributed by atoms with van der Waals surface area (Å²) in [6.45, 7) is 8.83. The summed E-state index contributed by atoms with van der Waals surface area (Å²) >= 11 is 1.22. The third-order valence-corrected chi connectivity index (χ3v) is 6.49. The second-order valence-electron chi connectivity index (χ2n) is 8.67. The number of carbonyl (C=O) groups is 2. The van der Waals surface area contributed by atoms with Crippen LogP contribution in [0.3, 0.4) is 0 Å². The van der Waals surface area contributed by atoms with Crippen LogP contribution in [0.25, 0.3) is 6.08 Å². The molecule has 1 aliphatic heterocycles. The third-order valence-electron chi connectivity index (χ3n) is 5.51. The van der Waals surface area contributed by atoms with Crippen molar-refractivity contribution in [3.05, 3.63) is 90.6 Å². The molecule has 0 spiro atoms. The zero-order valence-electron chi connectivity index (χ0n) is 21.3. The Morgan fingerprint density at radius 1 is 1.16 bits per heavy atom. The van der Waals surface area contributed by atoms with Gasteiger partial charge in [0.15, 0.2) is 4.80 Å². The minimum Gasteiger partial charge on any atom is -0.491 e. The summed E-state index contributed by atoms with van der Waals surface area (Å²) in [6.07, 6.45) is 1.60. The summed E-state index contributed by atoms with van der Waals surface area (Å²) in [5.74, 6) is -0.00740. The predicted octanol–water partition coefficient (Wildman–Crippen LogP) is 3.51. The van der Waals surface area contributed by atoms with Crippen LogP contribution in [0.4, 0.5) is 0 Å². The first-order chi connectivity index (χ1) is 17.7. The van der Waals surface area contributed by atoms with Gasteiger partial charge in [0.05, 0.1) is 28.5 Å². The van der Waals surface area contributed by atoms with E-state index in [-0.39, 0.29) is 23.8 Å². The molecule has 0 amide bonds. The number of aromatic nitrogens is 1. The van der Waals surface area contributed by atoms with Gasteiger partial charge in [0.2, 0.25) is 0 Å². The monoisotopic (exact) mass is 520 g/mol. The first-order valence-electron chi connectivity index (χ1n) is 11.9. The minimum absolute atomic E-state index is 0.113. The SMILES string of the molecule is CCOC(=O)C1=C(C)N=c2s/c(=C\c3cccc(OC(C)=O)c3)c(=O)n2[C@@H]1c1ccccc1OC(C)C. The predicted molar refractivity (Wildman–Crippen MR) is 140 cm³/mol. The number of thiazole rings is 1. The quantitative estimate of drug-likeness (QED) is 0.350. The molecule has 8 nitrogen and oxygen atoms in total. The van der Waals surface area contributed by atoms with Crippen molar-refractivity contribution in [3.63, 3.8) is 0 Å². The van der Waals surface area contributed by atoms with E-state index < -0.39 is 18.0 Å². The van der Waals surface area contributed by atoms with Gasteiger partial charge >= 0.3 is 11.9 Å². The highest BCUT2D eigenvalue weighted by atomic mass is 32.1. The second kappa shape index (κ2) is 11.0. The van der Waals surface area contributed by atoms with Crippen molar-refractivity contribution in [2.24, 2.45) is 4.99 Å². The molecule has 0 unspecified atom stereocenters. The zero-order chi connectivity index (χ0) is 26.7. The van der Waals surface area contributed by atoms with Gasteiger partial charge in [-0.1, -0.05) is 41.7 Å². The highest BCUT2D eigenvalue weighted by molar-refractivity contribution is 7.07. The van der Waals surface area contributed by atoms with Gasteiger partial charge in [0.25, 0.3) is 5.56 Å². The van der Waals surface area contributed by atoms with Crippen LogP contribution in [0.5, 0.6) is 11.5 Å². The molecule has 0 saturated carbocycles. The van der Waals surface area contributed by atoms with Crippen molar-refractivity contribution < 1.29 is 23.8 Å². The molecule has 4 rings (SSSR count). The van der Waals surface area contributed by atoms with Gasteiger partial charge in [-0.05, 0) is 57.5 Å². The number of esters is 2. The van der Waals surface area contributed by atoms with Crippen LogP contribution in [-0.2, 0) is 14.3 Å². The first-order valence-corrected chi connectivity index (χ1v) is 12.7. The van der Waals surface area contributed by atoms with Gasteiger partial charge in [-0.2, -0.15) is 0 Å². The van der Waals surface area contributed by atoms with Gasteiger partial charge in [-0.25, -0.2) is 9.79 Å². The van der Waals surface area contributed by atoms with Crippen molar-refractivity contribution in [2.45, 2.75) is 46.8 Å². The Hall–Kier alpha value is -3.98. The lowest BCUT2D eigenvalue weighted by molar-refractivity contribution is -0.139. The largest absolute Gasteiger partial charge is 0.491 e. The van der Waals surface area contributed by atoms with Gasteiger partial charge in [0.1, 0.15) is 17.5 Å². The number of carbonyl (C=O) groups excluding carboxylic acids is 2. The summed E-state index contributed by atoms with van der Waals surface area (Å²) in [5, 5.41) is 0. The van der Waals surface area contributed by atoms with Crippen LogP contribution >= 0.6 is 11.3 Å². The van der Waals surface area contributed by atoms with Gasteiger partial charge < -0.3 is 14.2 Å². The smallest absolute Gasteiger partial charge is 0.338 e. The molecule has 1 atom stereocenters. The van der Waals surface area contributed by atoms with Crippen LogP contribution in [-0.4, -0.2) is 29.2 Å². The Labute approximate surface area is 218 Å². The maximum Gasteiger partial charge on any atom is 0.338 e. The molecule has 192 valence electrons. The third kappa shape index (κ3) is 5.56. The number of ether oxygens (including phenoxy) is 3. The minimum atomic E-state index is -0.778. The van der Waals surface area contributed by atoms with Crippen LogP contribution in [0.15, 0.2) is 69.6 Å². The number of nitrogens with zero attached hydrogens (tertiary/aromatic N) is 2. The lowest BCUT2D eigenvalue weighted by atomic mass is 9.95. The van der Waals surface area contributed by atoms with Crippen molar-refractivity contribution in [1.82, 2.24) is 4.57 Å². The Morgan fingerprint density at radius 2 is 1.92 bits per heavy atom. The fourth-order valence-electron chi connectivity index (χ4n) is 4.14. The number of hydrogen-bond acceptors (Lipinski definition) is 8. The molecule has 0 radical (unpaired) electrons. The Morgan fingerprint density at radius 3 is 2.62 bits per heavy atom. The lowest BCUT2D eigenvalue weighted by Crippen LogP contribution is -2.40. The normalized spacial score (nSPS) is 15.3. The maximum absolute atomic E-state index is 13.8. The molecule has 0 bridgehead atoms. The van der Waals surface area contributed by atoms with Crippen molar-refractivity contribution in [3.8, 4) is 11.5 Å². The Bertz CT molecular complexity index is 1560. The molecule has 1 aromatic heterocycles. The van der Waals surface area contributed by atoms with E-state index in [0.29, 0.717) is 37.7 Å². The van der Waals surface area contributed by atoms with Crippen LogP contribution in [0, 0.1) is 0 Å². The van der Waals surface area contributed by atoms with E-state index >= 15 is 0 Å². The van der Waals surface area contributed by atoms with E-state index in [0.717, 1.165) is 0 Å². The number of benzene rings is 2. The molecule has 2 heterocycles. The van der Waals surface area contributed by atoms with E-state index in [1.54, 1.807) is 38.1 Å². The molecule has 1 aliphatic rings. The fraction of sp³-hybridized carbons (Fsp3) is 0.286. The molecule has 37 heavy (non-hydrogen) atoms. The van der Waals surface area contributed by atoms with Crippen molar-refractivity contribution in [1.29, 1.82) is 0 Å². The Balaban J connectivity index is 1.94. The van der Waals surface area contributed by atoms with Gasteiger partial charge in [-0.3, -0.25) is 14.2 Å². The number of allylic oxidation sites excluding steroid dienone is 1. The molecular formula is C28H28N2O6S. The number of para-hydroxylation sites is 1. The fourth-order valence-corrected chi connectivity index (χ4v) is 5.19. The molecule has 0 fully saturated rings. The van der Waals surface area contributed by atoms with E-state index in [2.05, 4.69) is 4.99 Å². The highest BCUT2D eigenvalue weighted by Gasteiger charge is 2.35.